The van der Waals surface area contributed by atoms with Crippen molar-refractivity contribution in [2.45, 2.75) is 219 Å². The summed E-state index contributed by atoms with van der Waals surface area (Å²) < 4.78 is 11.2. The van der Waals surface area contributed by atoms with Gasteiger partial charge in [0.2, 0.25) is 0 Å². The quantitative estimate of drug-likeness (QED) is 0.0387. The van der Waals surface area contributed by atoms with Gasteiger partial charge >= 0.3 is 5.97 Å². The summed E-state index contributed by atoms with van der Waals surface area (Å²) in [6, 6.07) is 0. The second kappa shape index (κ2) is 45.2. The molecule has 4 nitrogen and oxygen atoms in total. The number of aliphatic hydroxyl groups is 1. The molecule has 1 N–H and O–H groups in total. The van der Waals surface area contributed by atoms with E-state index >= 15 is 0 Å². The highest BCUT2D eigenvalue weighted by atomic mass is 16.6. The molecule has 0 aliphatic carbocycles. The van der Waals surface area contributed by atoms with E-state index in [-0.39, 0.29) is 19.2 Å². The fourth-order valence-electron chi connectivity index (χ4n) is 6.19. The van der Waals surface area contributed by atoms with Gasteiger partial charge in [-0.15, -0.1) is 0 Å². The first kappa shape index (κ1) is 50.1. The maximum Gasteiger partial charge on any atom is 0.306 e. The number of allylic oxidation sites excluding steroid dienone is 10. The van der Waals surface area contributed by atoms with Crippen LogP contribution in [0.15, 0.2) is 60.8 Å². The van der Waals surface area contributed by atoms with E-state index in [2.05, 4.69) is 74.6 Å². The third kappa shape index (κ3) is 42.5. The lowest BCUT2D eigenvalue weighted by molar-refractivity contribution is -0.154. The molecule has 0 fully saturated rings. The van der Waals surface area contributed by atoms with Crippen LogP contribution in [0, 0.1) is 0 Å². The molecule has 302 valence electrons. The van der Waals surface area contributed by atoms with Crippen LogP contribution in [-0.4, -0.2) is 37.0 Å². The van der Waals surface area contributed by atoms with Gasteiger partial charge in [-0.3, -0.25) is 4.79 Å². The zero-order chi connectivity index (χ0) is 37.7. The van der Waals surface area contributed by atoms with E-state index in [0.29, 0.717) is 13.0 Å². The number of carbonyl (C=O) groups is 1. The number of carbonyl (C=O) groups excluding carboxylic acids is 1. The minimum atomic E-state index is -0.546. The van der Waals surface area contributed by atoms with Crippen LogP contribution in [0.1, 0.15) is 213 Å². The number of hydrogen-bond acceptors (Lipinski definition) is 4. The Balaban J connectivity index is 3.48. The van der Waals surface area contributed by atoms with Gasteiger partial charge in [-0.25, -0.2) is 0 Å². The molecule has 0 saturated heterocycles. The molecule has 0 spiro atoms. The van der Waals surface area contributed by atoms with E-state index in [1.807, 2.05) is 0 Å². The molecule has 0 aromatic rings. The first-order valence-electron chi connectivity index (χ1n) is 22.4. The Labute approximate surface area is 324 Å². The van der Waals surface area contributed by atoms with Crippen LogP contribution in [0.3, 0.4) is 0 Å². The summed E-state index contributed by atoms with van der Waals surface area (Å²) >= 11 is 0. The average molecular weight is 727 g/mol. The summed E-state index contributed by atoms with van der Waals surface area (Å²) in [6.45, 7) is 5.29. The molecule has 0 heterocycles. The second-order valence-corrected chi connectivity index (χ2v) is 14.8. The number of esters is 1. The van der Waals surface area contributed by atoms with Crippen LogP contribution in [0.5, 0.6) is 0 Å². The molecule has 52 heavy (non-hydrogen) atoms. The predicted octanol–water partition coefficient (Wildman–Crippen LogP) is 14.8. The highest BCUT2D eigenvalue weighted by molar-refractivity contribution is 5.69. The van der Waals surface area contributed by atoms with E-state index in [0.717, 1.165) is 44.9 Å². The summed E-state index contributed by atoms with van der Waals surface area (Å²) in [5.74, 6) is -0.212. The maximum absolute atomic E-state index is 12.2. The zero-order valence-corrected chi connectivity index (χ0v) is 34.6. The van der Waals surface area contributed by atoms with Crippen LogP contribution in [-0.2, 0) is 14.3 Å². The Morgan fingerprint density at radius 2 is 0.808 bits per heavy atom. The van der Waals surface area contributed by atoms with Gasteiger partial charge < -0.3 is 14.6 Å². The van der Waals surface area contributed by atoms with Crippen LogP contribution in [0.4, 0.5) is 0 Å². The molecule has 0 aliphatic heterocycles. The number of aliphatic hydroxyl groups excluding tert-OH is 1. The molecule has 1 atom stereocenters. The van der Waals surface area contributed by atoms with E-state index in [1.54, 1.807) is 0 Å². The smallest absolute Gasteiger partial charge is 0.306 e. The van der Waals surface area contributed by atoms with Crippen molar-refractivity contribution < 1.29 is 19.4 Å². The number of rotatable bonds is 41. The van der Waals surface area contributed by atoms with E-state index in [9.17, 15) is 9.90 Å². The highest BCUT2D eigenvalue weighted by Crippen LogP contribution is 2.13. The Kier molecular flexibility index (Phi) is 43.6. The van der Waals surface area contributed by atoms with Crippen LogP contribution < -0.4 is 0 Å². The monoisotopic (exact) mass is 727 g/mol. The molecule has 0 bridgehead atoms. The lowest BCUT2D eigenvalue weighted by Crippen LogP contribution is -2.27. The van der Waals surface area contributed by atoms with Gasteiger partial charge in [0.25, 0.3) is 0 Å². The average Bonchev–Trinajstić information content (AvgIpc) is 3.15. The van der Waals surface area contributed by atoms with Crippen molar-refractivity contribution in [3.8, 4) is 0 Å². The molecule has 4 heteroatoms. The van der Waals surface area contributed by atoms with Gasteiger partial charge in [-0.1, -0.05) is 184 Å². The number of hydrogen-bond donors (Lipinski definition) is 1. The SMILES string of the molecule is CCCCCC/C=C\C/C=C\CCCCCCCCOCC(CO)OC(=O)CCCCCCCCCC/C=C\C/C=C\C/C=C\CCCCCCC. The normalized spacial score (nSPS) is 12.9. The molecule has 0 radical (unpaired) electrons. The van der Waals surface area contributed by atoms with Gasteiger partial charge in [0.1, 0.15) is 6.10 Å². The van der Waals surface area contributed by atoms with Gasteiger partial charge in [0.05, 0.1) is 13.2 Å². The zero-order valence-electron chi connectivity index (χ0n) is 34.6. The maximum atomic E-state index is 12.2. The van der Waals surface area contributed by atoms with Gasteiger partial charge in [0, 0.05) is 13.0 Å². The first-order valence-corrected chi connectivity index (χ1v) is 22.4. The Morgan fingerprint density at radius 3 is 1.23 bits per heavy atom. The summed E-state index contributed by atoms with van der Waals surface area (Å²) in [5.41, 5.74) is 0. The molecule has 0 amide bonds. The van der Waals surface area contributed by atoms with Crippen molar-refractivity contribution in [1.29, 1.82) is 0 Å². The van der Waals surface area contributed by atoms with Crippen molar-refractivity contribution in [3.63, 3.8) is 0 Å². The summed E-state index contributed by atoms with van der Waals surface area (Å²) in [6.07, 6.45) is 59.9. The minimum Gasteiger partial charge on any atom is -0.457 e. The number of unbranched alkanes of at least 4 members (excludes halogenated alkanes) is 23. The lowest BCUT2D eigenvalue weighted by atomic mass is 10.1. The van der Waals surface area contributed by atoms with Crippen LogP contribution in [0.2, 0.25) is 0 Å². The fourth-order valence-corrected chi connectivity index (χ4v) is 6.19. The van der Waals surface area contributed by atoms with Gasteiger partial charge in [-0.2, -0.15) is 0 Å². The lowest BCUT2D eigenvalue weighted by Gasteiger charge is -2.15. The summed E-state index contributed by atoms with van der Waals surface area (Å²) in [5, 5.41) is 9.61. The van der Waals surface area contributed by atoms with Crippen LogP contribution in [0.25, 0.3) is 0 Å². The van der Waals surface area contributed by atoms with E-state index < -0.39 is 6.10 Å². The van der Waals surface area contributed by atoms with Gasteiger partial charge in [0.15, 0.2) is 0 Å². The molecule has 0 saturated carbocycles. The highest BCUT2D eigenvalue weighted by Gasteiger charge is 2.13. The van der Waals surface area contributed by atoms with Crippen molar-refractivity contribution in [1.82, 2.24) is 0 Å². The van der Waals surface area contributed by atoms with Crippen molar-refractivity contribution in [2.24, 2.45) is 0 Å². The topological polar surface area (TPSA) is 55.8 Å². The predicted molar refractivity (Wildman–Crippen MR) is 228 cm³/mol. The van der Waals surface area contributed by atoms with E-state index in [4.69, 9.17) is 9.47 Å². The molecule has 0 aliphatic rings. The second-order valence-electron chi connectivity index (χ2n) is 14.8. The minimum absolute atomic E-state index is 0.181. The van der Waals surface area contributed by atoms with E-state index in [1.165, 1.54) is 148 Å². The Bertz CT molecular complexity index is 854. The summed E-state index contributed by atoms with van der Waals surface area (Å²) in [7, 11) is 0. The van der Waals surface area contributed by atoms with Crippen LogP contribution >= 0.6 is 0 Å². The first-order chi connectivity index (χ1) is 25.7. The molecule has 0 aromatic heterocycles. The van der Waals surface area contributed by atoms with Gasteiger partial charge in [-0.05, 0) is 83.5 Å². The molecular formula is C48H86O4. The van der Waals surface area contributed by atoms with Crippen molar-refractivity contribution >= 4 is 5.97 Å². The number of ether oxygens (including phenoxy) is 2. The third-order valence-electron chi connectivity index (χ3n) is 9.57. The third-order valence-corrected chi connectivity index (χ3v) is 9.57. The molecule has 1 unspecified atom stereocenters. The molecule has 0 rings (SSSR count). The van der Waals surface area contributed by atoms with Crippen molar-refractivity contribution in [3.05, 3.63) is 60.8 Å². The fraction of sp³-hybridized carbons (Fsp3) is 0.771. The molecular weight excluding hydrogens is 641 g/mol. The largest absolute Gasteiger partial charge is 0.457 e. The molecule has 0 aromatic carbocycles. The Hall–Kier alpha value is -1.91. The van der Waals surface area contributed by atoms with Crippen molar-refractivity contribution in [2.75, 3.05) is 19.8 Å². The Morgan fingerprint density at radius 1 is 0.462 bits per heavy atom. The standard InChI is InChI=1S/C48H86O4/c1-3-5-7-9-11-13-15-17-19-21-22-23-24-25-26-27-29-31-33-35-37-39-41-43-48(50)52-47(45-49)46-51-44-42-40-38-36-34-32-30-28-20-18-16-14-12-10-8-6-4-2/h14-17,20-22,24-25,28,47,49H,3-13,18-19,23,26-27,29-46H2,1-2H3/b16-14-,17-15-,22-21-,25-24-,28-20-. The summed E-state index contributed by atoms with van der Waals surface area (Å²) in [4.78, 5) is 12.2.